The molecule has 9 heteroatoms. The molecule has 2 aliphatic carbocycles. The van der Waals surface area contributed by atoms with Gasteiger partial charge in [0.15, 0.2) is 16.6 Å². The van der Waals surface area contributed by atoms with Gasteiger partial charge in [-0.05, 0) is 79.5 Å². The van der Waals surface area contributed by atoms with Gasteiger partial charge in [0.2, 0.25) is 0 Å². The minimum Gasteiger partial charge on any atom is -0.414 e. The van der Waals surface area contributed by atoms with Gasteiger partial charge in [0.1, 0.15) is 11.7 Å². The lowest BCUT2D eigenvalue weighted by Crippen LogP contribution is -2.46. The van der Waals surface area contributed by atoms with Gasteiger partial charge in [-0.15, -0.1) is 23.2 Å². The zero-order valence-electron chi connectivity index (χ0n) is 27.0. The fraction of sp³-hybridized carbons (Fsp3) is 0.812. The van der Waals surface area contributed by atoms with Gasteiger partial charge in [0, 0.05) is 18.6 Å². The third kappa shape index (κ3) is 11.5. The molecule has 0 aromatic carbocycles. The lowest BCUT2D eigenvalue weighted by molar-refractivity contribution is 0.114. The highest BCUT2D eigenvalue weighted by Gasteiger charge is 2.60. The molecule has 2 saturated carbocycles. The van der Waals surface area contributed by atoms with Crippen LogP contribution in [0.2, 0.25) is 36.3 Å². The van der Waals surface area contributed by atoms with E-state index in [-0.39, 0.29) is 53.9 Å². The lowest BCUT2D eigenvalue weighted by Gasteiger charge is -2.41. The van der Waals surface area contributed by atoms with Crippen molar-refractivity contribution in [2.24, 2.45) is 0 Å². The maximum absolute atomic E-state index is 9.29. The summed E-state index contributed by atoms with van der Waals surface area (Å²) in [6.07, 6.45) is 8.20. The molecule has 1 aliphatic heterocycles. The molecule has 4 unspecified atom stereocenters. The van der Waals surface area contributed by atoms with Gasteiger partial charge in [-0.3, -0.25) is 0 Å². The van der Waals surface area contributed by atoms with Crippen LogP contribution in [0.15, 0.2) is 36.0 Å². The Balaban J connectivity index is 0.000000698. The molecule has 3 fully saturated rings. The first-order chi connectivity index (χ1) is 18.2. The average molecular weight is 654 g/mol. The van der Waals surface area contributed by atoms with Crippen LogP contribution in [0.3, 0.4) is 0 Å². The highest BCUT2D eigenvalue weighted by atomic mass is 35.5. The molecule has 41 heavy (non-hydrogen) atoms. The van der Waals surface area contributed by atoms with Gasteiger partial charge >= 0.3 is 0 Å². The van der Waals surface area contributed by atoms with E-state index in [1.54, 1.807) is 0 Å². The van der Waals surface area contributed by atoms with Crippen LogP contribution in [0.1, 0.15) is 87.5 Å². The first-order valence-corrected chi connectivity index (χ1v) is 21.5. The van der Waals surface area contributed by atoms with Gasteiger partial charge in [0.25, 0.3) is 0 Å². The molecular weight excluding hydrogens is 591 g/mol. The van der Waals surface area contributed by atoms with E-state index in [0.717, 1.165) is 44.1 Å². The summed E-state index contributed by atoms with van der Waals surface area (Å²) >= 11 is 9.53. The molecule has 2 N–H and O–H groups in total. The molecule has 4 atom stereocenters. The Morgan fingerprint density at radius 1 is 0.927 bits per heavy atom. The molecule has 0 aromatic rings. The number of ether oxygens (including phenoxy) is 1. The summed E-state index contributed by atoms with van der Waals surface area (Å²) in [6, 6.07) is 0. The summed E-state index contributed by atoms with van der Waals surface area (Å²) in [5.74, 6) is 0. The fourth-order valence-electron chi connectivity index (χ4n) is 4.74. The summed E-state index contributed by atoms with van der Waals surface area (Å²) < 4.78 is 18.7. The summed E-state index contributed by atoms with van der Waals surface area (Å²) in [7, 11) is -3.42. The maximum atomic E-state index is 9.29. The second-order valence-corrected chi connectivity index (χ2v) is 24.7. The Hall–Kier alpha value is 0.0338. The van der Waals surface area contributed by atoms with Gasteiger partial charge in [-0.25, -0.2) is 0 Å². The van der Waals surface area contributed by atoms with E-state index < -0.39 is 16.6 Å². The quantitative estimate of drug-likeness (QED) is 0.129. The summed E-state index contributed by atoms with van der Waals surface area (Å²) in [5.41, 5.74) is 3.22. The van der Waals surface area contributed by atoms with Gasteiger partial charge in [0.05, 0.1) is 18.6 Å². The van der Waals surface area contributed by atoms with Crippen molar-refractivity contribution in [1.29, 1.82) is 0 Å². The molecule has 0 radical (unpaired) electrons. The predicted molar refractivity (Wildman–Crippen MR) is 183 cm³/mol. The van der Waals surface area contributed by atoms with E-state index in [4.69, 9.17) is 41.9 Å². The van der Waals surface area contributed by atoms with Gasteiger partial charge in [-0.1, -0.05) is 73.8 Å². The maximum Gasteiger partial charge on any atom is 0.192 e. The Morgan fingerprint density at radius 2 is 1.39 bits per heavy atom. The smallest absolute Gasteiger partial charge is 0.192 e. The lowest BCUT2D eigenvalue weighted by atomic mass is 9.81. The Morgan fingerprint density at radius 3 is 1.80 bits per heavy atom. The molecule has 1 spiro atoms. The predicted octanol–water partition coefficient (Wildman–Crippen LogP) is 9.34. The second kappa shape index (κ2) is 16.4. The Bertz CT molecular complexity index is 876. The number of hydrogen-bond acceptors (Lipinski definition) is 5. The third-order valence-electron chi connectivity index (χ3n) is 9.42. The number of aliphatic hydroxyl groups is 2. The minimum atomic E-state index is -1.73. The van der Waals surface area contributed by atoms with Crippen LogP contribution in [0, 0.1) is 0 Å². The number of alkyl halides is 2. The molecule has 0 aromatic heterocycles. The van der Waals surface area contributed by atoms with E-state index in [0.29, 0.717) is 6.10 Å². The Labute approximate surface area is 265 Å². The van der Waals surface area contributed by atoms with E-state index >= 15 is 0 Å². The highest BCUT2D eigenvalue weighted by molar-refractivity contribution is 6.74. The standard InChI is InChI=1S/C15H28O3Si.C15H28O2Si.CH2Cl2.CH4/c1-11-7-8-12(9-15(11)13(10-16)17-15)18-19(5,6)14(2,3)4;1-12-7-8-14(11-13(12)9-10-16)17-18(5,6)15(2,3)4;2-1-3;/h12-13,16H,1,7-10H2,2-6H3;9,14,16H,1,7-8,10-11H2,2-6H3;1H2;1H4/b;13-9-;;. The fourth-order valence-corrected chi connectivity index (χ4v) is 7.52. The molecular formula is C32H62Cl2O5Si2. The molecule has 1 heterocycles. The largest absolute Gasteiger partial charge is 0.414 e. The molecule has 0 amide bonds. The summed E-state index contributed by atoms with van der Waals surface area (Å²) in [5, 5.41) is 19.0. The number of epoxide rings is 1. The average Bonchev–Trinajstić information content (AvgIpc) is 3.51. The number of halogens is 2. The summed E-state index contributed by atoms with van der Waals surface area (Å²) in [4.78, 5) is 0. The van der Waals surface area contributed by atoms with Crippen molar-refractivity contribution in [3.05, 3.63) is 36.0 Å². The molecule has 3 aliphatic rings. The second-order valence-electron chi connectivity index (χ2n) is 14.4. The molecule has 0 bridgehead atoms. The van der Waals surface area contributed by atoms with Crippen LogP contribution in [-0.2, 0) is 13.6 Å². The molecule has 3 rings (SSSR count). The summed E-state index contributed by atoms with van der Waals surface area (Å²) in [6.45, 7) is 31.2. The van der Waals surface area contributed by atoms with Crippen molar-refractivity contribution in [2.45, 2.75) is 148 Å². The molecule has 5 nitrogen and oxygen atoms in total. The van der Waals surface area contributed by atoms with Crippen LogP contribution >= 0.6 is 23.2 Å². The monoisotopic (exact) mass is 652 g/mol. The van der Waals surface area contributed by atoms with Crippen LogP contribution in [0.5, 0.6) is 0 Å². The first-order valence-electron chi connectivity index (χ1n) is 14.6. The molecule has 242 valence electrons. The van der Waals surface area contributed by atoms with E-state index in [2.05, 4.69) is 80.9 Å². The van der Waals surface area contributed by atoms with Crippen molar-refractivity contribution in [3.63, 3.8) is 0 Å². The number of hydrogen-bond donors (Lipinski definition) is 2. The van der Waals surface area contributed by atoms with Crippen LogP contribution in [0.25, 0.3) is 0 Å². The third-order valence-corrected chi connectivity index (χ3v) is 18.5. The SMILES string of the molecule is C.C=C1CCC(O[Si](C)(C)C(C)(C)C)C/C1=C/CO.C=C1CCC(O[Si](C)(C)C(C)(C)C)CC12OC2CO.ClCCl. The normalized spacial score (nSPS) is 27.9. The topological polar surface area (TPSA) is 71.5 Å². The van der Waals surface area contributed by atoms with Gasteiger partial charge in [-0.2, -0.15) is 0 Å². The Kier molecular flexibility index (Phi) is 16.4. The van der Waals surface area contributed by atoms with Crippen LogP contribution in [-0.4, -0.2) is 69.3 Å². The van der Waals surface area contributed by atoms with E-state index in [1.807, 2.05) is 6.08 Å². The number of rotatable bonds is 6. The number of allylic oxidation sites excluding steroid dienone is 1. The van der Waals surface area contributed by atoms with Crippen molar-refractivity contribution in [2.75, 3.05) is 18.6 Å². The van der Waals surface area contributed by atoms with Crippen LogP contribution < -0.4 is 0 Å². The van der Waals surface area contributed by atoms with Crippen LogP contribution in [0.4, 0.5) is 0 Å². The van der Waals surface area contributed by atoms with Gasteiger partial charge < -0.3 is 23.8 Å². The zero-order chi connectivity index (χ0) is 31.2. The molecule has 1 saturated heterocycles. The van der Waals surface area contributed by atoms with E-state index in [1.165, 1.54) is 11.1 Å². The first kappa shape index (κ1) is 41.0. The number of aliphatic hydroxyl groups excluding tert-OH is 2. The highest BCUT2D eigenvalue weighted by Crippen LogP contribution is 2.52. The zero-order valence-corrected chi connectivity index (χ0v) is 30.5. The van der Waals surface area contributed by atoms with Crippen molar-refractivity contribution in [1.82, 2.24) is 0 Å². The van der Waals surface area contributed by atoms with Crippen molar-refractivity contribution >= 4 is 39.8 Å². The van der Waals surface area contributed by atoms with Crippen molar-refractivity contribution in [3.8, 4) is 0 Å². The van der Waals surface area contributed by atoms with Crippen molar-refractivity contribution < 1.29 is 23.8 Å². The minimum absolute atomic E-state index is 0. The van der Waals surface area contributed by atoms with E-state index in [9.17, 15) is 5.11 Å².